The molecule has 0 radical (unpaired) electrons. The lowest BCUT2D eigenvalue weighted by Crippen LogP contribution is -2.20. The van der Waals surface area contributed by atoms with Gasteiger partial charge in [0.1, 0.15) is 5.69 Å². The van der Waals surface area contributed by atoms with E-state index in [4.69, 9.17) is 12.2 Å². The first kappa shape index (κ1) is 13.5. The van der Waals surface area contributed by atoms with Gasteiger partial charge in [-0.15, -0.1) is 0 Å². The Balaban J connectivity index is 1.96. The fraction of sp³-hybridized carbons (Fsp3) is 0.533. The summed E-state index contributed by atoms with van der Waals surface area (Å²) in [6.45, 7) is 2.26. The molecule has 4 nitrogen and oxygen atoms in total. The molecule has 5 heteroatoms. The third kappa shape index (κ3) is 2.54. The molecule has 2 aromatic rings. The van der Waals surface area contributed by atoms with Crippen molar-refractivity contribution in [2.24, 2.45) is 5.92 Å². The first-order chi connectivity index (χ1) is 9.77. The molecule has 1 fully saturated rings. The lowest BCUT2D eigenvalue weighted by Gasteiger charge is -2.29. The predicted molar refractivity (Wildman–Crippen MR) is 81.9 cm³/mol. The van der Waals surface area contributed by atoms with Crippen molar-refractivity contribution in [2.45, 2.75) is 45.1 Å². The molecule has 1 N–H and O–H groups in total. The van der Waals surface area contributed by atoms with E-state index in [9.17, 15) is 0 Å². The summed E-state index contributed by atoms with van der Waals surface area (Å²) in [7, 11) is 0. The first-order valence-corrected chi connectivity index (χ1v) is 7.76. The van der Waals surface area contributed by atoms with Gasteiger partial charge in [-0.25, -0.2) is 0 Å². The molecule has 0 bridgehead atoms. The Morgan fingerprint density at radius 2 is 2.10 bits per heavy atom. The molecule has 106 valence electrons. The quantitative estimate of drug-likeness (QED) is 0.863. The van der Waals surface area contributed by atoms with E-state index in [0.29, 0.717) is 16.7 Å². The molecule has 20 heavy (non-hydrogen) atoms. The van der Waals surface area contributed by atoms with E-state index in [1.165, 1.54) is 32.1 Å². The second-order valence-corrected chi connectivity index (χ2v) is 5.96. The number of H-pyrrole nitrogens is 1. The lowest BCUT2D eigenvalue weighted by molar-refractivity contribution is 0.263. The third-order valence-corrected chi connectivity index (χ3v) is 4.63. The van der Waals surface area contributed by atoms with Crippen LogP contribution in [0.25, 0.3) is 11.5 Å². The molecule has 3 rings (SSSR count). The van der Waals surface area contributed by atoms with Crippen LogP contribution in [0.1, 0.15) is 45.1 Å². The minimum absolute atomic E-state index is 0.374. The number of pyridine rings is 1. The summed E-state index contributed by atoms with van der Waals surface area (Å²) in [4.78, 5) is 4.40. The van der Waals surface area contributed by atoms with Crippen molar-refractivity contribution >= 4 is 12.2 Å². The summed E-state index contributed by atoms with van der Waals surface area (Å²) in [6, 6.07) is 6.25. The van der Waals surface area contributed by atoms with Crippen molar-refractivity contribution in [2.75, 3.05) is 0 Å². The van der Waals surface area contributed by atoms with Crippen LogP contribution in [0, 0.1) is 10.7 Å². The zero-order valence-corrected chi connectivity index (χ0v) is 12.6. The summed E-state index contributed by atoms with van der Waals surface area (Å²) in [6.07, 6.45) is 8.40. The molecule has 2 aromatic heterocycles. The average molecular weight is 288 g/mol. The number of hydrogen-bond donors (Lipinski definition) is 1. The number of hydrogen-bond acceptors (Lipinski definition) is 3. The van der Waals surface area contributed by atoms with Gasteiger partial charge in [-0.2, -0.15) is 5.10 Å². The smallest absolute Gasteiger partial charge is 0.195 e. The van der Waals surface area contributed by atoms with Crippen molar-refractivity contribution in [3.05, 3.63) is 29.2 Å². The Bertz CT molecular complexity index is 610. The molecule has 0 aliphatic heterocycles. The van der Waals surface area contributed by atoms with Gasteiger partial charge in [0.2, 0.25) is 0 Å². The van der Waals surface area contributed by atoms with E-state index in [0.717, 1.165) is 11.5 Å². The van der Waals surface area contributed by atoms with Crippen LogP contribution in [0.2, 0.25) is 0 Å². The van der Waals surface area contributed by atoms with Crippen molar-refractivity contribution < 1.29 is 0 Å². The van der Waals surface area contributed by atoms with Gasteiger partial charge in [0.05, 0.1) is 0 Å². The number of nitrogens with one attached hydrogen (secondary N) is 1. The number of aromatic amines is 1. The Labute approximate surface area is 124 Å². The van der Waals surface area contributed by atoms with Gasteiger partial charge in [0.15, 0.2) is 10.6 Å². The average Bonchev–Trinajstić information content (AvgIpc) is 2.90. The van der Waals surface area contributed by atoms with Gasteiger partial charge < -0.3 is 0 Å². The highest BCUT2D eigenvalue weighted by atomic mass is 32.1. The van der Waals surface area contributed by atoms with Crippen molar-refractivity contribution in [3.63, 3.8) is 0 Å². The molecule has 0 amide bonds. The van der Waals surface area contributed by atoms with Gasteiger partial charge >= 0.3 is 0 Å². The van der Waals surface area contributed by atoms with Crippen LogP contribution in [0.3, 0.4) is 0 Å². The zero-order valence-electron chi connectivity index (χ0n) is 11.7. The predicted octanol–water partition coefficient (Wildman–Crippen LogP) is 4.14. The van der Waals surface area contributed by atoms with Gasteiger partial charge in [-0.3, -0.25) is 14.6 Å². The Kier molecular flexibility index (Phi) is 3.96. The summed E-state index contributed by atoms with van der Waals surface area (Å²) >= 11 is 5.44. The van der Waals surface area contributed by atoms with Crippen molar-refractivity contribution in [1.82, 2.24) is 19.7 Å². The molecular weight excluding hydrogens is 268 g/mol. The second-order valence-electron chi connectivity index (χ2n) is 5.58. The summed E-state index contributed by atoms with van der Waals surface area (Å²) in [5, 5.41) is 7.32. The monoisotopic (exact) mass is 288 g/mol. The van der Waals surface area contributed by atoms with E-state index in [-0.39, 0.29) is 0 Å². The standard InChI is InChI=1S/C15H20N4S/c1-11(12-7-3-2-4-8-12)19-14(17-18-15(19)20)13-9-5-6-10-16-13/h5-6,9-12H,2-4,7-8H2,1H3,(H,18,20). The Morgan fingerprint density at radius 1 is 1.30 bits per heavy atom. The fourth-order valence-electron chi connectivity index (χ4n) is 3.19. The first-order valence-electron chi connectivity index (χ1n) is 7.35. The third-order valence-electron chi connectivity index (χ3n) is 4.34. The molecule has 1 unspecified atom stereocenters. The Hall–Kier alpha value is -1.49. The van der Waals surface area contributed by atoms with E-state index >= 15 is 0 Å². The number of rotatable bonds is 3. The van der Waals surface area contributed by atoms with Crippen LogP contribution in [-0.4, -0.2) is 19.7 Å². The molecule has 1 aliphatic carbocycles. The molecule has 0 spiro atoms. The minimum Gasteiger partial charge on any atom is -0.296 e. The highest BCUT2D eigenvalue weighted by Crippen LogP contribution is 2.34. The topological polar surface area (TPSA) is 46.5 Å². The summed E-state index contributed by atoms with van der Waals surface area (Å²) < 4.78 is 2.84. The highest BCUT2D eigenvalue weighted by Gasteiger charge is 2.24. The zero-order chi connectivity index (χ0) is 13.9. The van der Waals surface area contributed by atoms with Gasteiger partial charge in [0, 0.05) is 12.2 Å². The van der Waals surface area contributed by atoms with E-state index < -0.39 is 0 Å². The van der Waals surface area contributed by atoms with Crippen LogP contribution in [-0.2, 0) is 0 Å². The lowest BCUT2D eigenvalue weighted by atomic mass is 9.84. The van der Waals surface area contributed by atoms with Crippen LogP contribution in [0.15, 0.2) is 24.4 Å². The molecule has 2 heterocycles. The van der Waals surface area contributed by atoms with Crippen molar-refractivity contribution in [1.29, 1.82) is 0 Å². The normalized spacial score (nSPS) is 18.1. The molecule has 1 aliphatic rings. The minimum atomic E-state index is 0.374. The fourth-order valence-corrected chi connectivity index (χ4v) is 3.48. The van der Waals surface area contributed by atoms with Gasteiger partial charge in [0.25, 0.3) is 0 Å². The van der Waals surface area contributed by atoms with E-state index in [1.807, 2.05) is 18.2 Å². The van der Waals surface area contributed by atoms with Crippen LogP contribution in [0.4, 0.5) is 0 Å². The van der Waals surface area contributed by atoms with E-state index in [2.05, 4.69) is 26.7 Å². The van der Waals surface area contributed by atoms with Gasteiger partial charge in [-0.05, 0) is 50.0 Å². The summed E-state index contributed by atoms with van der Waals surface area (Å²) in [5.74, 6) is 1.55. The SMILES string of the molecule is CC(C1CCCCC1)n1c(-c2ccccn2)n[nH]c1=S. The Morgan fingerprint density at radius 3 is 2.80 bits per heavy atom. The van der Waals surface area contributed by atoms with Gasteiger partial charge in [-0.1, -0.05) is 25.3 Å². The number of aromatic nitrogens is 4. The molecule has 1 saturated carbocycles. The summed E-state index contributed by atoms with van der Waals surface area (Å²) in [5.41, 5.74) is 0.877. The largest absolute Gasteiger partial charge is 0.296 e. The van der Waals surface area contributed by atoms with Crippen LogP contribution in [0.5, 0.6) is 0 Å². The molecule has 0 saturated heterocycles. The number of nitrogens with zero attached hydrogens (tertiary/aromatic N) is 3. The molecule has 1 atom stereocenters. The molecular formula is C15H20N4S. The maximum absolute atomic E-state index is 5.44. The molecule has 0 aromatic carbocycles. The maximum atomic E-state index is 5.44. The maximum Gasteiger partial charge on any atom is 0.195 e. The van der Waals surface area contributed by atoms with Crippen LogP contribution >= 0.6 is 12.2 Å². The second kappa shape index (κ2) is 5.87. The van der Waals surface area contributed by atoms with E-state index in [1.54, 1.807) is 6.20 Å². The van der Waals surface area contributed by atoms with Crippen molar-refractivity contribution in [3.8, 4) is 11.5 Å². The van der Waals surface area contributed by atoms with Crippen LogP contribution < -0.4 is 0 Å². The highest BCUT2D eigenvalue weighted by molar-refractivity contribution is 7.71.